The van der Waals surface area contributed by atoms with Gasteiger partial charge in [0.25, 0.3) is 11.8 Å². The first-order chi connectivity index (χ1) is 26.6. The number of nitrogens with zero attached hydrogens (tertiary/aromatic N) is 2. The van der Waals surface area contributed by atoms with Crippen LogP contribution in [0.1, 0.15) is 67.6 Å². The van der Waals surface area contributed by atoms with Crippen molar-refractivity contribution in [1.29, 1.82) is 0 Å². The fourth-order valence-electron chi connectivity index (χ4n) is 7.10. The monoisotopic (exact) mass is 810 g/mol. The van der Waals surface area contributed by atoms with Crippen molar-refractivity contribution in [2.75, 3.05) is 11.1 Å². The van der Waals surface area contributed by atoms with Crippen LogP contribution in [0.15, 0.2) is 95.1 Å². The molecule has 4 atom stereocenters. The summed E-state index contributed by atoms with van der Waals surface area (Å²) in [7, 11) is 0. The number of hydrogen-bond donors (Lipinski definition) is 7. The summed E-state index contributed by atoms with van der Waals surface area (Å²) in [5.41, 5.74) is 17.6. The summed E-state index contributed by atoms with van der Waals surface area (Å²) in [5.74, 6) is -1.00. The number of carbonyl (C=O) groups excluding carboxylic acids is 3. The summed E-state index contributed by atoms with van der Waals surface area (Å²) in [6.07, 6.45) is 4.67. The maximum absolute atomic E-state index is 12.7. The van der Waals surface area contributed by atoms with Gasteiger partial charge < -0.3 is 26.1 Å². The number of rotatable bonds is 5. The SMILES string of the molecule is Cl.Nc1cc2c3c(c(Cl)[nH]c3c1)C=NNC2=O.O=C(O)[C@@H]1C[C@H]1c1ccccc1.O=C1NN=Cc2c(Cl)[nH]c3cc(NC(=O)[C@@H]4C[C@H]4c4ccccc4)cc1c23. The zero-order valence-corrected chi connectivity index (χ0v) is 31.5. The first-order valence-electron chi connectivity index (χ1n) is 17.3. The Bertz CT molecular complexity index is 2590. The van der Waals surface area contributed by atoms with E-state index < -0.39 is 5.97 Å². The molecule has 16 heteroatoms. The number of hydrazone groups is 2. The van der Waals surface area contributed by atoms with E-state index in [1.807, 2.05) is 60.7 Å². The van der Waals surface area contributed by atoms with Crippen molar-refractivity contribution in [2.24, 2.45) is 22.0 Å². The van der Waals surface area contributed by atoms with Crippen molar-refractivity contribution in [2.45, 2.75) is 24.7 Å². The second kappa shape index (κ2) is 15.5. The van der Waals surface area contributed by atoms with E-state index >= 15 is 0 Å². The molecule has 2 aliphatic carbocycles. The molecule has 2 aliphatic heterocycles. The van der Waals surface area contributed by atoms with Crippen molar-refractivity contribution in [3.05, 3.63) is 129 Å². The number of carbonyl (C=O) groups is 4. The molecule has 3 amide bonds. The van der Waals surface area contributed by atoms with Gasteiger partial charge in [-0.2, -0.15) is 10.2 Å². The molecular weight excluding hydrogens is 779 g/mol. The van der Waals surface area contributed by atoms with Gasteiger partial charge in [0.1, 0.15) is 10.3 Å². The third kappa shape index (κ3) is 7.56. The highest BCUT2D eigenvalue weighted by Crippen LogP contribution is 2.48. The number of nitrogens with two attached hydrogens (primary N) is 1. The highest BCUT2D eigenvalue weighted by Gasteiger charge is 2.44. The van der Waals surface area contributed by atoms with E-state index in [1.165, 1.54) is 18.0 Å². The van der Waals surface area contributed by atoms with E-state index in [2.05, 4.69) is 36.3 Å². The van der Waals surface area contributed by atoms with Gasteiger partial charge in [-0.3, -0.25) is 19.2 Å². The maximum Gasteiger partial charge on any atom is 0.307 e. The van der Waals surface area contributed by atoms with Crippen molar-refractivity contribution in [3.63, 3.8) is 0 Å². The smallest absolute Gasteiger partial charge is 0.307 e. The van der Waals surface area contributed by atoms with Crippen molar-refractivity contribution in [3.8, 4) is 0 Å². The lowest BCUT2D eigenvalue weighted by molar-refractivity contribution is -0.138. The number of benzene rings is 4. The number of nitrogens with one attached hydrogen (secondary N) is 5. The highest BCUT2D eigenvalue weighted by molar-refractivity contribution is 6.36. The van der Waals surface area contributed by atoms with Gasteiger partial charge in [0.2, 0.25) is 5.91 Å². The van der Waals surface area contributed by atoms with Crippen LogP contribution in [0.25, 0.3) is 21.8 Å². The summed E-state index contributed by atoms with van der Waals surface area (Å²) < 4.78 is 0. The lowest BCUT2D eigenvalue weighted by Gasteiger charge is -2.08. The molecule has 6 aromatic rings. The summed E-state index contributed by atoms with van der Waals surface area (Å²) in [6.45, 7) is 0. The molecule has 4 aliphatic rings. The number of anilines is 2. The molecule has 8 N–H and O–H groups in total. The van der Waals surface area contributed by atoms with E-state index in [-0.39, 0.29) is 53.8 Å². The van der Waals surface area contributed by atoms with Gasteiger partial charge in [-0.15, -0.1) is 12.4 Å². The standard InChI is InChI=1S/C20H15ClN4O2.C10H7ClN4O.C10H10O2.ClH/c21-18-15-9-22-25-20(27)14-6-11(7-16(24-18)17(14)15)23-19(26)13-8-12(13)10-4-2-1-3-5-10;11-9-6-3-13-15-10(16)5-1-4(12)2-7(14-9)8(5)6;11-10(12)9-6-8(9)7-4-2-1-3-5-7;/h1-7,9,12-13,24H,8H2,(H,23,26)(H,25,27);1-3,14H,12H2,(H,15,16);1-5,8-9H,6H2,(H,11,12);1H/t12-,13+;;8-,9+;/m0.0./s1. The van der Waals surface area contributed by atoms with E-state index in [1.54, 1.807) is 24.3 Å². The van der Waals surface area contributed by atoms with Gasteiger partial charge in [0.05, 0.1) is 40.5 Å². The van der Waals surface area contributed by atoms with Crippen LogP contribution in [-0.2, 0) is 9.59 Å². The van der Waals surface area contributed by atoms with Crippen LogP contribution >= 0.6 is 35.6 Å². The van der Waals surface area contributed by atoms with Gasteiger partial charge in [0, 0.05) is 39.2 Å². The Morgan fingerprint density at radius 1 is 0.714 bits per heavy atom. The molecular formula is C40H33Cl3N8O5. The Morgan fingerprint density at radius 2 is 1.20 bits per heavy atom. The van der Waals surface area contributed by atoms with Crippen LogP contribution in [-0.4, -0.2) is 51.2 Å². The van der Waals surface area contributed by atoms with Gasteiger partial charge in [0.15, 0.2) is 0 Å². The molecule has 2 fully saturated rings. The third-order valence-electron chi connectivity index (χ3n) is 9.97. The van der Waals surface area contributed by atoms with Crippen LogP contribution in [0, 0.1) is 11.8 Å². The maximum atomic E-state index is 12.7. The van der Waals surface area contributed by atoms with Gasteiger partial charge >= 0.3 is 5.97 Å². The lowest BCUT2D eigenvalue weighted by Crippen LogP contribution is -2.18. The van der Waals surface area contributed by atoms with Crippen LogP contribution in [0.2, 0.25) is 10.3 Å². The van der Waals surface area contributed by atoms with Crippen LogP contribution in [0.3, 0.4) is 0 Å². The number of carboxylic acid groups (broad SMARTS) is 1. The Hall–Kier alpha value is -6.15. The molecule has 4 aromatic carbocycles. The normalized spacial score (nSPS) is 19.5. The zero-order chi connectivity index (χ0) is 38.4. The summed E-state index contributed by atoms with van der Waals surface area (Å²) >= 11 is 12.2. The second-order valence-electron chi connectivity index (χ2n) is 13.6. The van der Waals surface area contributed by atoms with Gasteiger partial charge in [-0.1, -0.05) is 83.9 Å². The molecule has 0 spiro atoms. The average Bonchev–Trinajstić information content (AvgIpc) is 4.09. The van der Waals surface area contributed by atoms with Crippen LogP contribution in [0.4, 0.5) is 11.4 Å². The summed E-state index contributed by atoms with van der Waals surface area (Å²) in [6, 6.07) is 26.7. The molecule has 4 heterocycles. The molecule has 2 aromatic heterocycles. The molecule has 0 unspecified atom stereocenters. The number of amides is 3. The Morgan fingerprint density at radius 3 is 1.71 bits per heavy atom. The number of aliphatic carboxylic acids is 1. The predicted molar refractivity (Wildman–Crippen MR) is 219 cm³/mol. The Labute approximate surface area is 335 Å². The fourth-order valence-corrected chi connectivity index (χ4v) is 7.59. The number of aromatic amines is 2. The minimum atomic E-state index is -0.663. The lowest BCUT2D eigenvalue weighted by atomic mass is 10.0. The van der Waals surface area contributed by atoms with E-state index in [0.29, 0.717) is 54.8 Å². The number of hydrogen-bond acceptors (Lipinski definition) is 7. The van der Waals surface area contributed by atoms with Crippen LogP contribution < -0.4 is 21.9 Å². The van der Waals surface area contributed by atoms with Crippen molar-refractivity contribution in [1.82, 2.24) is 20.8 Å². The summed E-state index contributed by atoms with van der Waals surface area (Å²) in [5, 5.41) is 21.6. The molecule has 0 bridgehead atoms. The van der Waals surface area contributed by atoms with Gasteiger partial charge in [-0.25, -0.2) is 10.9 Å². The Kier molecular flexibility index (Phi) is 10.6. The number of carboxylic acids is 1. The first-order valence-corrected chi connectivity index (χ1v) is 18.1. The molecule has 10 rings (SSSR count). The highest BCUT2D eigenvalue weighted by atomic mass is 35.5. The molecule has 0 saturated heterocycles. The van der Waals surface area contributed by atoms with E-state index in [9.17, 15) is 19.2 Å². The van der Waals surface area contributed by atoms with Crippen molar-refractivity contribution < 1.29 is 24.3 Å². The Balaban J connectivity index is 0.000000141. The minimum Gasteiger partial charge on any atom is -0.481 e. The van der Waals surface area contributed by atoms with E-state index in [4.69, 9.17) is 34.0 Å². The number of aromatic nitrogens is 2. The quantitative estimate of drug-likeness (QED) is 0.0882. The average molecular weight is 812 g/mol. The summed E-state index contributed by atoms with van der Waals surface area (Å²) in [4.78, 5) is 53.3. The third-order valence-corrected chi connectivity index (χ3v) is 10.6. The number of halogens is 3. The van der Waals surface area contributed by atoms with Crippen molar-refractivity contribution >= 4 is 105 Å². The van der Waals surface area contributed by atoms with Gasteiger partial charge in [-0.05, 0) is 60.1 Å². The van der Waals surface area contributed by atoms with Crippen LogP contribution in [0.5, 0.6) is 0 Å². The largest absolute Gasteiger partial charge is 0.481 e. The predicted octanol–water partition coefficient (Wildman–Crippen LogP) is 7.42. The fraction of sp³-hybridized carbons (Fsp3) is 0.150. The second-order valence-corrected chi connectivity index (χ2v) is 14.3. The molecule has 13 nitrogen and oxygen atoms in total. The minimum absolute atomic E-state index is 0. The molecule has 284 valence electrons. The zero-order valence-electron chi connectivity index (χ0n) is 29.2. The molecule has 0 radical (unpaired) electrons. The number of H-pyrrole nitrogens is 2. The molecule has 2 saturated carbocycles. The first kappa shape index (κ1) is 38.1. The molecule has 56 heavy (non-hydrogen) atoms. The number of nitrogen functional groups attached to an aromatic ring is 1. The van der Waals surface area contributed by atoms with E-state index in [0.717, 1.165) is 29.3 Å². The topological polar surface area (TPSA) is 207 Å².